The summed E-state index contributed by atoms with van der Waals surface area (Å²) in [5, 5.41) is 22.6. The third kappa shape index (κ3) is 4.12. The quantitative estimate of drug-likeness (QED) is 0.619. The van der Waals surface area contributed by atoms with Crippen LogP contribution in [0.25, 0.3) is 17.1 Å². The third-order valence-electron chi connectivity index (χ3n) is 5.98. The van der Waals surface area contributed by atoms with Gasteiger partial charge in [-0.3, -0.25) is 0 Å². The summed E-state index contributed by atoms with van der Waals surface area (Å²) >= 11 is 0. The van der Waals surface area contributed by atoms with Crippen molar-refractivity contribution in [3.05, 3.63) is 54.8 Å². The molecule has 1 aromatic carbocycles. The number of nitrogens with zero attached hydrogens (tertiary/aromatic N) is 6. The number of benzene rings is 1. The molecular weight excluding hydrogens is 402 g/mol. The zero-order valence-corrected chi connectivity index (χ0v) is 17.6. The van der Waals surface area contributed by atoms with Crippen molar-refractivity contribution >= 4 is 5.82 Å². The van der Waals surface area contributed by atoms with Crippen molar-refractivity contribution in [3.63, 3.8) is 0 Å². The fourth-order valence-electron chi connectivity index (χ4n) is 3.74. The number of hydrogen-bond donors (Lipinski definition) is 1. The van der Waals surface area contributed by atoms with Gasteiger partial charge in [-0.25, -0.2) is 18.4 Å². The number of anilines is 1. The highest BCUT2D eigenvalue weighted by atomic mass is 19.1. The van der Waals surface area contributed by atoms with Gasteiger partial charge in [-0.2, -0.15) is 5.10 Å². The van der Waals surface area contributed by atoms with Crippen molar-refractivity contribution < 1.29 is 13.9 Å². The minimum absolute atomic E-state index is 0.0622. The van der Waals surface area contributed by atoms with Gasteiger partial charge >= 0.3 is 0 Å². The van der Waals surface area contributed by atoms with E-state index in [1.165, 1.54) is 23.1 Å². The molecule has 0 saturated carbocycles. The topological polar surface area (TPSA) is 80.0 Å². The Labute approximate surface area is 179 Å². The van der Waals surface area contributed by atoms with Gasteiger partial charge in [0.2, 0.25) is 0 Å². The van der Waals surface area contributed by atoms with Crippen molar-refractivity contribution in [2.75, 3.05) is 11.9 Å². The van der Waals surface area contributed by atoms with E-state index in [1.54, 1.807) is 30.2 Å². The second-order valence-corrected chi connectivity index (χ2v) is 8.14. The first-order valence-electron chi connectivity index (χ1n) is 10.1. The largest absolute Gasteiger partial charge is 0.507 e. The zero-order valence-electron chi connectivity index (χ0n) is 17.6. The summed E-state index contributed by atoms with van der Waals surface area (Å²) in [7, 11) is 1.79. The van der Waals surface area contributed by atoms with Gasteiger partial charge in [-0.1, -0.05) is 26.0 Å². The van der Waals surface area contributed by atoms with E-state index in [2.05, 4.69) is 34.1 Å². The lowest BCUT2D eigenvalue weighted by molar-refractivity contribution is 0.232. The molecule has 0 radical (unpaired) electrons. The fraction of sp³-hybridized carbons (Fsp3) is 0.364. The van der Waals surface area contributed by atoms with E-state index in [0.717, 1.165) is 12.6 Å². The van der Waals surface area contributed by atoms with Gasteiger partial charge in [-0.05, 0) is 30.4 Å². The zero-order chi connectivity index (χ0) is 22.2. The number of aromatic hydroxyl groups is 1. The van der Waals surface area contributed by atoms with E-state index in [1.807, 2.05) is 6.08 Å². The minimum atomic E-state index is -1.10. The van der Waals surface area contributed by atoms with Crippen LogP contribution >= 0.6 is 0 Å². The summed E-state index contributed by atoms with van der Waals surface area (Å²) in [6.45, 7) is 4.21. The normalized spacial score (nSPS) is 23.1. The van der Waals surface area contributed by atoms with Crippen LogP contribution < -0.4 is 4.90 Å². The van der Waals surface area contributed by atoms with Gasteiger partial charge in [0.25, 0.3) is 0 Å². The van der Waals surface area contributed by atoms with Crippen molar-refractivity contribution in [1.82, 2.24) is 25.0 Å². The third-order valence-corrected chi connectivity index (χ3v) is 5.98. The number of phenols is 1. The molecule has 1 aliphatic rings. The van der Waals surface area contributed by atoms with E-state index in [9.17, 15) is 13.9 Å². The van der Waals surface area contributed by atoms with Gasteiger partial charge in [0.05, 0.1) is 35.9 Å². The number of hydrogen-bond acceptors (Lipinski definition) is 6. The van der Waals surface area contributed by atoms with E-state index in [-0.39, 0.29) is 23.0 Å². The highest BCUT2D eigenvalue weighted by Crippen LogP contribution is 2.37. The fourth-order valence-corrected chi connectivity index (χ4v) is 3.74. The number of phenolic OH excluding ortho intramolecular Hbond substituents is 1. The van der Waals surface area contributed by atoms with Crippen LogP contribution in [0, 0.1) is 11.2 Å². The molecule has 0 fully saturated rings. The first kappa shape index (κ1) is 20.9. The molecule has 3 aromatic rings. The molecule has 1 N–H and O–H groups in total. The van der Waals surface area contributed by atoms with Gasteiger partial charge in [-0.15, -0.1) is 10.2 Å². The van der Waals surface area contributed by atoms with Crippen molar-refractivity contribution in [2.24, 2.45) is 5.41 Å². The number of halogens is 2. The van der Waals surface area contributed by atoms with Gasteiger partial charge in [0, 0.05) is 13.1 Å². The molecule has 0 bridgehead atoms. The molecule has 7 nitrogen and oxygen atoms in total. The van der Waals surface area contributed by atoms with Crippen LogP contribution in [-0.4, -0.2) is 49.3 Å². The smallest absolute Gasteiger partial charge is 0.185 e. The Morgan fingerprint density at radius 3 is 2.71 bits per heavy atom. The summed E-state index contributed by atoms with van der Waals surface area (Å²) in [6.07, 6.45) is 7.87. The molecule has 4 rings (SSSR count). The summed E-state index contributed by atoms with van der Waals surface area (Å²) in [4.78, 5) is 6.08. The maximum Gasteiger partial charge on any atom is 0.185 e. The van der Waals surface area contributed by atoms with E-state index >= 15 is 0 Å². The van der Waals surface area contributed by atoms with Gasteiger partial charge in [0.1, 0.15) is 11.9 Å². The molecule has 0 amide bonds. The SMILES string of the molecule is CC[C@@]1(C)C=C[C@@H](F)[C@@H](N(C)c2cnc(-c3ccc(-n4cc(F)cn4)cc3O)nn2)C1. The Morgan fingerprint density at radius 1 is 1.29 bits per heavy atom. The lowest BCUT2D eigenvalue weighted by Gasteiger charge is -2.39. The van der Waals surface area contributed by atoms with E-state index < -0.39 is 12.0 Å². The number of rotatable bonds is 5. The molecular formula is C22H24F2N6O. The van der Waals surface area contributed by atoms with Crippen LogP contribution in [0.4, 0.5) is 14.6 Å². The molecule has 162 valence electrons. The maximum absolute atomic E-state index is 14.6. The summed E-state index contributed by atoms with van der Waals surface area (Å²) in [6, 6.07) is 4.36. The molecule has 0 saturated heterocycles. The average Bonchev–Trinajstić information content (AvgIpc) is 3.21. The second-order valence-electron chi connectivity index (χ2n) is 8.14. The Kier molecular flexibility index (Phi) is 5.43. The average molecular weight is 426 g/mol. The number of aromatic nitrogens is 5. The van der Waals surface area contributed by atoms with Crippen LogP contribution in [0.3, 0.4) is 0 Å². The van der Waals surface area contributed by atoms with Crippen molar-refractivity contribution in [1.29, 1.82) is 0 Å². The molecule has 31 heavy (non-hydrogen) atoms. The Bertz CT molecular complexity index is 1100. The van der Waals surface area contributed by atoms with Crippen LogP contribution in [0.15, 0.2) is 48.9 Å². The predicted molar refractivity (Wildman–Crippen MR) is 113 cm³/mol. The van der Waals surface area contributed by atoms with Crippen molar-refractivity contribution in [2.45, 2.75) is 38.9 Å². The number of alkyl halides is 1. The van der Waals surface area contributed by atoms with E-state index in [4.69, 9.17) is 0 Å². The van der Waals surface area contributed by atoms with E-state index in [0.29, 0.717) is 23.5 Å². The summed E-state index contributed by atoms with van der Waals surface area (Å²) < 4.78 is 29.1. The molecule has 1 aliphatic carbocycles. The Balaban J connectivity index is 1.55. The standard InChI is InChI=1S/C22H24F2N6O/c1-4-22(2)8-7-17(24)18(10-22)29(3)20-12-25-21(28-27-20)16-6-5-15(9-19(16)31)30-13-14(23)11-26-30/h5-9,11-13,17-18,31H,4,10H2,1-3H3/t17-,18+,22+/m1/s1. The van der Waals surface area contributed by atoms with Crippen molar-refractivity contribution in [3.8, 4) is 22.8 Å². The molecule has 2 aromatic heterocycles. The summed E-state index contributed by atoms with van der Waals surface area (Å²) in [5.74, 6) is 0.121. The second kappa shape index (κ2) is 8.05. The van der Waals surface area contributed by atoms with Gasteiger partial charge < -0.3 is 10.0 Å². The predicted octanol–water partition coefficient (Wildman–Crippen LogP) is 4.09. The summed E-state index contributed by atoms with van der Waals surface area (Å²) in [5.41, 5.74) is 0.807. The molecule has 0 unspecified atom stereocenters. The van der Waals surface area contributed by atoms with Crippen LogP contribution in [0.1, 0.15) is 26.7 Å². The first-order valence-corrected chi connectivity index (χ1v) is 10.1. The van der Waals surface area contributed by atoms with Gasteiger partial charge in [0.15, 0.2) is 17.5 Å². The van der Waals surface area contributed by atoms with Crippen LogP contribution in [-0.2, 0) is 0 Å². The maximum atomic E-state index is 14.6. The highest BCUT2D eigenvalue weighted by molar-refractivity contribution is 5.66. The Morgan fingerprint density at radius 2 is 2.10 bits per heavy atom. The first-order chi connectivity index (χ1) is 14.8. The monoisotopic (exact) mass is 426 g/mol. The molecule has 2 heterocycles. The minimum Gasteiger partial charge on any atom is -0.507 e. The highest BCUT2D eigenvalue weighted by Gasteiger charge is 2.35. The van der Waals surface area contributed by atoms with Crippen LogP contribution in [0.5, 0.6) is 5.75 Å². The van der Waals surface area contributed by atoms with Crippen LogP contribution in [0.2, 0.25) is 0 Å². The Hall–Kier alpha value is -3.36. The lowest BCUT2D eigenvalue weighted by atomic mass is 9.75. The molecule has 0 aliphatic heterocycles. The molecule has 0 spiro atoms. The number of allylic oxidation sites excluding steroid dienone is 1. The lowest BCUT2D eigenvalue weighted by Crippen LogP contribution is -2.44. The molecule has 3 atom stereocenters. The molecule has 9 heteroatoms.